The van der Waals surface area contributed by atoms with E-state index in [0.717, 1.165) is 46.5 Å². The van der Waals surface area contributed by atoms with Crippen LogP contribution in [0.5, 0.6) is 11.5 Å². The highest BCUT2D eigenvalue weighted by atomic mass is 35.5. The minimum Gasteiger partial charge on any atom is -0.495 e. The first kappa shape index (κ1) is 43.0. The average Bonchev–Trinajstić information content (AvgIpc) is 3.71. The Morgan fingerprint density at radius 2 is 1.28 bits per heavy atom. The van der Waals surface area contributed by atoms with Crippen LogP contribution in [0.15, 0.2) is 24.3 Å². The van der Waals surface area contributed by atoms with E-state index in [0.29, 0.717) is 39.8 Å². The average molecular weight is 805 g/mol. The molecule has 0 spiro atoms. The van der Waals surface area contributed by atoms with Crippen LogP contribution in [-0.2, 0) is 35.0 Å². The fourth-order valence-corrected chi connectivity index (χ4v) is 7.50. The van der Waals surface area contributed by atoms with Crippen molar-refractivity contribution in [3.63, 3.8) is 0 Å². The SMILES string of the molecule is COc1cc2sc(C(=O)CCC(=O)OC(C)(C)C)cc2nc1CCOC1CCCCO1.COc1cc2sc(C(=O)CCC(=O)OC(C)(C)C)cc2nc1Cl. The molecule has 0 bridgehead atoms. The number of ketones is 2. The zero-order valence-corrected chi connectivity index (χ0v) is 34.5. The third-order valence-corrected chi connectivity index (χ3v) is 10.2. The van der Waals surface area contributed by atoms with Crippen LogP contribution >= 0.6 is 34.3 Å². The van der Waals surface area contributed by atoms with E-state index in [1.165, 1.54) is 29.8 Å². The second-order valence-electron chi connectivity index (χ2n) is 14.5. The molecule has 0 aliphatic carbocycles. The smallest absolute Gasteiger partial charge is 0.306 e. The van der Waals surface area contributed by atoms with Crippen molar-refractivity contribution in [1.82, 2.24) is 9.97 Å². The van der Waals surface area contributed by atoms with Gasteiger partial charge in [0.25, 0.3) is 0 Å². The number of carbonyl (C=O) groups is 4. The molecule has 1 unspecified atom stereocenters. The first-order chi connectivity index (χ1) is 25.4. The molecule has 1 aliphatic rings. The van der Waals surface area contributed by atoms with Gasteiger partial charge in [0, 0.05) is 38.0 Å². The summed E-state index contributed by atoms with van der Waals surface area (Å²) in [6, 6.07) is 7.12. The summed E-state index contributed by atoms with van der Waals surface area (Å²) in [4.78, 5) is 58.4. The molecule has 15 heteroatoms. The van der Waals surface area contributed by atoms with Crippen LogP contribution in [0.4, 0.5) is 0 Å². The van der Waals surface area contributed by atoms with Gasteiger partial charge in [-0.3, -0.25) is 19.2 Å². The van der Waals surface area contributed by atoms with Crippen LogP contribution in [0.1, 0.15) is 112 Å². The first-order valence-corrected chi connectivity index (χ1v) is 19.8. The zero-order chi connectivity index (χ0) is 39.6. The van der Waals surface area contributed by atoms with Crippen molar-refractivity contribution in [2.75, 3.05) is 27.4 Å². The largest absolute Gasteiger partial charge is 0.495 e. The van der Waals surface area contributed by atoms with E-state index >= 15 is 0 Å². The molecule has 0 saturated carbocycles. The summed E-state index contributed by atoms with van der Waals surface area (Å²) >= 11 is 8.64. The number of ether oxygens (including phenoxy) is 6. The van der Waals surface area contributed by atoms with Gasteiger partial charge in [-0.05, 0) is 72.9 Å². The lowest BCUT2D eigenvalue weighted by molar-refractivity contribution is -0.161. The summed E-state index contributed by atoms with van der Waals surface area (Å²) in [6.45, 7) is 12.0. The molecule has 0 aromatic carbocycles. The monoisotopic (exact) mass is 804 g/mol. The van der Waals surface area contributed by atoms with Crippen LogP contribution in [0.2, 0.25) is 5.15 Å². The standard InChI is InChI=1S/C23H31NO6S.C16H18ClNO4S/c1-23(2,3)30-21(26)9-8-17(25)20-13-16-19(31-20)14-18(27-4)15(24-16)10-12-29-22-7-5-6-11-28-22;1-16(2,3)22-14(20)6-5-10(19)13-7-9-12(23-13)8-11(21-4)15(17)18-9/h13-14,22H,5-12H2,1-4H3;7-8H,5-6H2,1-4H3. The lowest BCUT2D eigenvalue weighted by Gasteiger charge is -2.22. The van der Waals surface area contributed by atoms with Gasteiger partial charge >= 0.3 is 11.9 Å². The van der Waals surface area contributed by atoms with Crippen LogP contribution in [0, 0.1) is 0 Å². The number of halogens is 1. The Balaban J connectivity index is 0.000000252. The van der Waals surface area contributed by atoms with Crippen molar-refractivity contribution in [3.05, 3.63) is 44.9 Å². The normalized spacial score (nSPS) is 14.6. The number of pyridine rings is 2. The minimum atomic E-state index is -0.554. The van der Waals surface area contributed by atoms with Gasteiger partial charge in [0.15, 0.2) is 28.8 Å². The lowest BCUT2D eigenvalue weighted by Crippen LogP contribution is -2.24. The number of methoxy groups -OCH3 is 2. The molecule has 1 atom stereocenters. The van der Waals surface area contributed by atoms with Crippen molar-refractivity contribution in [3.8, 4) is 11.5 Å². The van der Waals surface area contributed by atoms with Crippen molar-refractivity contribution in [1.29, 1.82) is 0 Å². The number of esters is 2. The molecule has 54 heavy (non-hydrogen) atoms. The van der Waals surface area contributed by atoms with E-state index in [2.05, 4.69) is 4.98 Å². The Labute approximate surface area is 328 Å². The van der Waals surface area contributed by atoms with E-state index in [9.17, 15) is 19.2 Å². The van der Waals surface area contributed by atoms with E-state index in [4.69, 9.17) is 45.0 Å². The molecule has 4 aromatic rings. The molecule has 5 rings (SSSR count). The van der Waals surface area contributed by atoms with Gasteiger partial charge in [-0.25, -0.2) is 9.97 Å². The Bertz CT molecular complexity index is 1940. The maximum Gasteiger partial charge on any atom is 0.306 e. The minimum absolute atomic E-state index is 0.0574. The fraction of sp³-hybridized carbons (Fsp3) is 0.538. The van der Waals surface area contributed by atoms with Crippen LogP contribution < -0.4 is 9.47 Å². The molecule has 4 aromatic heterocycles. The summed E-state index contributed by atoms with van der Waals surface area (Å²) in [7, 11) is 3.12. The number of hydrogen-bond acceptors (Lipinski definition) is 14. The maximum absolute atomic E-state index is 12.6. The molecule has 0 N–H and O–H groups in total. The van der Waals surface area contributed by atoms with Gasteiger partial charge in [0.2, 0.25) is 0 Å². The number of fused-ring (bicyclic) bond motifs is 2. The molecule has 1 saturated heterocycles. The number of rotatable bonds is 14. The lowest BCUT2D eigenvalue weighted by atomic mass is 10.1. The molecule has 0 amide bonds. The second-order valence-corrected chi connectivity index (χ2v) is 17.1. The second kappa shape index (κ2) is 19.3. The molecule has 12 nitrogen and oxygen atoms in total. The molecular weight excluding hydrogens is 756 g/mol. The number of hydrogen-bond donors (Lipinski definition) is 0. The van der Waals surface area contributed by atoms with E-state index in [-0.39, 0.29) is 60.6 Å². The number of carbonyl (C=O) groups excluding carboxylic acids is 4. The molecule has 0 radical (unpaired) electrons. The first-order valence-electron chi connectivity index (χ1n) is 17.8. The Hall–Kier alpha value is -3.69. The van der Waals surface area contributed by atoms with Crippen LogP contribution in [0.25, 0.3) is 20.4 Å². The summed E-state index contributed by atoms with van der Waals surface area (Å²) < 4.78 is 34.2. The highest BCUT2D eigenvalue weighted by molar-refractivity contribution is 7.21. The number of nitrogens with zero attached hydrogens (tertiary/aromatic N) is 2. The fourth-order valence-electron chi connectivity index (χ4n) is 5.28. The van der Waals surface area contributed by atoms with E-state index < -0.39 is 11.2 Å². The quantitative estimate of drug-likeness (QED) is 0.0680. The predicted octanol–water partition coefficient (Wildman–Crippen LogP) is 8.96. The topological polar surface area (TPSA) is 149 Å². The van der Waals surface area contributed by atoms with Gasteiger partial charge in [-0.1, -0.05) is 11.6 Å². The van der Waals surface area contributed by atoms with E-state index in [1.54, 1.807) is 46.1 Å². The highest BCUT2D eigenvalue weighted by Crippen LogP contribution is 2.33. The predicted molar refractivity (Wildman–Crippen MR) is 209 cm³/mol. The molecule has 1 aliphatic heterocycles. The summed E-state index contributed by atoms with van der Waals surface area (Å²) in [5.41, 5.74) is 1.07. The van der Waals surface area contributed by atoms with Crippen molar-refractivity contribution < 1.29 is 47.6 Å². The molecule has 5 heterocycles. The Morgan fingerprint density at radius 3 is 1.76 bits per heavy atom. The molecule has 294 valence electrons. The zero-order valence-electron chi connectivity index (χ0n) is 32.1. The number of thiophene rings is 2. The molecular formula is C39H49ClN2O10S2. The van der Waals surface area contributed by atoms with Crippen molar-refractivity contribution in [2.45, 2.75) is 110 Å². The number of aromatic nitrogens is 2. The van der Waals surface area contributed by atoms with Gasteiger partial charge in [0.05, 0.1) is 69.5 Å². The van der Waals surface area contributed by atoms with Gasteiger partial charge in [-0.2, -0.15) is 0 Å². The third-order valence-electron chi connectivity index (χ3n) is 7.69. The van der Waals surface area contributed by atoms with E-state index in [1.807, 2.05) is 26.8 Å². The summed E-state index contributed by atoms with van der Waals surface area (Å²) in [5.74, 6) is 0.186. The highest BCUT2D eigenvalue weighted by Gasteiger charge is 2.21. The van der Waals surface area contributed by atoms with Gasteiger partial charge < -0.3 is 28.4 Å². The van der Waals surface area contributed by atoms with Gasteiger partial charge in [-0.15, -0.1) is 22.7 Å². The summed E-state index contributed by atoms with van der Waals surface area (Å²) in [6.07, 6.45) is 3.92. The van der Waals surface area contributed by atoms with Crippen LogP contribution in [0.3, 0.4) is 0 Å². The Kier molecular flexibility index (Phi) is 15.3. The van der Waals surface area contributed by atoms with Crippen LogP contribution in [-0.4, -0.2) is 78.4 Å². The summed E-state index contributed by atoms with van der Waals surface area (Å²) in [5, 5.41) is 0.255. The number of Topliss-reactive ketones (excluding diaryl/α,β-unsaturated/α-hetero) is 2. The van der Waals surface area contributed by atoms with Gasteiger partial charge in [0.1, 0.15) is 17.0 Å². The third kappa shape index (κ3) is 13.3. The molecule has 1 fully saturated rings. The van der Waals surface area contributed by atoms with Crippen molar-refractivity contribution in [2.24, 2.45) is 0 Å². The maximum atomic E-state index is 12.6. The Morgan fingerprint density at radius 1 is 0.759 bits per heavy atom. The van der Waals surface area contributed by atoms with Crippen molar-refractivity contribution >= 4 is 78.2 Å².